The van der Waals surface area contributed by atoms with Gasteiger partial charge in [0, 0.05) is 12.5 Å². The van der Waals surface area contributed by atoms with Crippen LogP contribution >= 0.6 is 0 Å². The maximum absolute atomic E-state index is 13.4. The van der Waals surface area contributed by atoms with Crippen LogP contribution in [0.3, 0.4) is 0 Å². The van der Waals surface area contributed by atoms with Crippen molar-refractivity contribution in [3.8, 4) is 5.75 Å². The van der Waals surface area contributed by atoms with Crippen molar-refractivity contribution in [1.82, 2.24) is 5.32 Å². The summed E-state index contributed by atoms with van der Waals surface area (Å²) in [7, 11) is 0. The lowest BCUT2D eigenvalue weighted by atomic mass is 9.97. The molecule has 1 saturated heterocycles. The summed E-state index contributed by atoms with van der Waals surface area (Å²) in [6.45, 7) is 4.96. The first-order valence-electron chi connectivity index (χ1n) is 12.0. The van der Waals surface area contributed by atoms with Crippen LogP contribution in [-0.2, 0) is 19.2 Å². The van der Waals surface area contributed by atoms with E-state index >= 15 is 0 Å². The molecule has 11 nitrogen and oxygen atoms in total. The molecule has 4 rings (SSSR count). The number of aliphatic hydroxyl groups is 3. The topological polar surface area (TPSA) is 150 Å². The van der Waals surface area contributed by atoms with Crippen molar-refractivity contribution in [3.05, 3.63) is 59.2 Å². The summed E-state index contributed by atoms with van der Waals surface area (Å²) in [5.74, 6) is -0.186. The Bertz CT molecular complexity index is 1190. The first-order chi connectivity index (χ1) is 17.7. The smallest absolute Gasteiger partial charge is 0.281 e. The summed E-state index contributed by atoms with van der Waals surface area (Å²) < 4.78 is 11.4. The van der Waals surface area contributed by atoms with E-state index in [0.29, 0.717) is 11.3 Å². The Morgan fingerprint density at radius 2 is 1.92 bits per heavy atom. The number of carbonyl (C=O) groups is 2. The fourth-order valence-electron chi connectivity index (χ4n) is 4.37. The van der Waals surface area contributed by atoms with E-state index in [1.165, 1.54) is 11.8 Å². The molecule has 2 amide bonds. The highest BCUT2D eigenvalue weighted by molar-refractivity contribution is 6.54. The number of amides is 2. The molecule has 2 aromatic carbocycles. The number of oxime groups is 1. The van der Waals surface area contributed by atoms with E-state index < -0.39 is 49.1 Å². The van der Waals surface area contributed by atoms with Gasteiger partial charge in [0.1, 0.15) is 36.7 Å². The van der Waals surface area contributed by atoms with Gasteiger partial charge in [0.25, 0.3) is 5.91 Å². The summed E-state index contributed by atoms with van der Waals surface area (Å²) >= 11 is 0. The number of para-hydroxylation sites is 1. The number of rotatable bonds is 8. The SMILES string of the molecule is CC(=O)NC1C(O/N=C2/C(=O)N(CCOc3ccccc3C)c3ccc(C)cc32)OC(CO)C(O)C1O. The van der Waals surface area contributed by atoms with Crippen molar-refractivity contribution in [3.63, 3.8) is 0 Å². The van der Waals surface area contributed by atoms with E-state index in [0.717, 1.165) is 16.9 Å². The van der Waals surface area contributed by atoms with E-state index in [1.54, 1.807) is 6.07 Å². The quantitative estimate of drug-likeness (QED) is 0.371. The minimum absolute atomic E-state index is 0.0147. The molecular formula is C26H31N3O8. The molecule has 0 spiro atoms. The van der Waals surface area contributed by atoms with Gasteiger partial charge in [0.2, 0.25) is 12.2 Å². The van der Waals surface area contributed by atoms with Crippen LogP contribution in [-0.4, -0.2) is 83.2 Å². The number of hydrogen-bond donors (Lipinski definition) is 4. The van der Waals surface area contributed by atoms with Crippen molar-refractivity contribution < 1.29 is 39.2 Å². The molecular weight excluding hydrogens is 482 g/mol. The lowest BCUT2D eigenvalue weighted by molar-refractivity contribution is -0.270. The van der Waals surface area contributed by atoms with Gasteiger partial charge in [-0.25, -0.2) is 0 Å². The number of ether oxygens (including phenoxy) is 2. The van der Waals surface area contributed by atoms with E-state index in [-0.39, 0.29) is 18.9 Å². The highest BCUT2D eigenvalue weighted by Gasteiger charge is 2.46. The molecule has 5 unspecified atom stereocenters. The van der Waals surface area contributed by atoms with Gasteiger partial charge in [-0.15, -0.1) is 0 Å². The molecule has 2 heterocycles. The van der Waals surface area contributed by atoms with Crippen LogP contribution in [0.25, 0.3) is 0 Å². The van der Waals surface area contributed by atoms with Gasteiger partial charge >= 0.3 is 0 Å². The molecule has 2 aromatic rings. The Balaban J connectivity index is 1.55. The Morgan fingerprint density at radius 1 is 1.16 bits per heavy atom. The van der Waals surface area contributed by atoms with E-state index in [9.17, 15) is 24.9 Å². The molecule has 1 fully saturated rings. The first-order valence-corrected chi connectivity index (χ1v) is 12.0. The van der Waals surface area contributed by atoms with Crippen molar-refractivity contribution >= 4 is 23.2 Å². The monoisotopic (exact) mass is 513 g/mol. The number of fused-ring (bicyclic) bond motifs is 1. The van der Waals surface area contributed by atoms with Crippen molar-refractivity contribution in [1.29, 1.82) is 0 Å². The maximum Gasteiger partial charge on any atom is 0.281 e. The third-order valence-corrected chi connectivity index (χ3v) is 6.31. The van der Waals surface area contributed by atoms with Crippen molar-refractivity contribution in [2.45, 2.75) is 51.4 Å². The average molecular weight is 514 g/mol. The molecule has 0 radical (unpaired) electrons. The van der Waals surface area contributed by atoms with Crippen molar-refractivity contribution in [2.24, 2.45) is 5.16 Å². The number of hydrogen-bond acceptors (Lipinski definition) is 9. The Labute approximate surface area is 214 Å². The number of aryl methyl sites for hydroxylation is 2. The van der Waals surface area contributed by atoms with Gasteiger partial charge in [-0.05, 0) is 37.6 Å². The van der Waals surface area contributed by atoms with Crippen LogP contribution < -0.4 is 15.0 Å². The second-order valence-electron chi connectivity index (χ2n) is 9.07. The first kappa shape index (κ1) is 26.6. The predicted octanol–water partition coefficient (Wildman–Crippen LogP) is 0.393. The molecule has 37 heavy (non-hydrogen) atoms. The highest BCUT2D eigenvalue weighted by atomic mass is 16.8. The van der Waals surface area contributed by atoms with Crippen LogP contribution in [0.1, 0.15) is 23.6 Å². The lowest BCUT2D eigenvalue weighted by Gasteiger charge is -2.40. The molecule has 0 aliphatic carbocycles. The minimum atomic E-state index is -1.50. The average Bonchev–Trinajstić information content (AvgIpc) is 3.12. The van der Waals surface area contributed by atoms with Crippen LogP contribution in [0.4, 0.5) is 5.69 Å². The largest absolute Gasteiger partial charge is 0.491 e. The van der Waals surface area contributed by atoms with Crippen LogP contribution in [0.15, 0.2) is 47.6 Å². The Hall–Kier alpha value is -3.51. The number of anilines is 1. The summed E-state index contributed by atoms with van der Waals surface area (Å²) in [4.78, 5) is 32.1. The molecule has 2 aliphatic rings. The van der Waals surface area contributed by atoms with Crippen molar-refractivity contribution in [2.75, 3.05) is 24.7 Å². The van der Waals surface area contributed by atoms with Gasteiger partial charge in [-0.3, -0.25) is 9.59 Å². The Morgan fingerprint density at radius 3 is 2.62 bits per heavy atom. The number of aliphatic hydroxyl groups excluding tert-OH is 3. The number of nitrogens with one attached hydrogen (secondary N) is 1. The molecule has 11 heteroatoms. The van der Waals surface area contributed by atoms with Gasteiger partial charge in [0.05, 0.1) is 18.8 Å². The molecule has 198 valence electrons. The molecule has 2 aliphatic heterocycles. The molecule has 0 saturated carbocycles. The van der Waals surface area contributed by atoms with E-state index in [1.807, 2.05) is 50.2 Å². The zero-order valence-electron chi connectivity index (χ0n) is 20.8. The van der Waals surface area contributed by atoms with E-state index in [4.69, 9.17) is 14.3 Å². The maximum atomic E-state index is 13.4. The lowest BCUT2D eigenvalue weighted by Crippen LogP contribution is -2.64. The third-order valence-electron chi connectivity index (χ3n) is 6.31. The fraction of sp³-hybridized carbons (Fsp3) is 0.423. The third kappa shape index (κ3) is 5.59. The number of nitrogens with zero attached hydrogens (tertiary/aromatic N) is 2. The predicted molar refractivity (Wildman–Crippen MR) is 133 cm³/mol. The molecule has 0 aromatic heterocycles. The van der Waals surface area contributed by atoms with Gasteiger partial charge < -0.3 is 39.8 Å². The van der Waals surface area contributed by atoms with Gasteiger partial charge in [-0.2, -0.15) is 0 Å². The highest BCUT2D eigenvalue weighted by Crippen LogP contribution is 2.31. The second kappa shape index (κ2) is 11.3. The minimum Gasteiger partial charge on any atom is -0.491 e. The molecule has 0 bridgehead atoms. The van der Waals surface area contributed by atoms with Gasteiger partial charge in [0.15, 0.2) is 5.71 Å². The summed E-state index contributed by atoms with van der Waals surface area (Å²) in [5.41, 5.74) is 3.09. The standard InChI is InChI=1S/C26H31N3O8/c1-14-8-9-18-17(12-14)21(25(34)29(18)10-11-35-19-7-5-4-6-15(19)2)28-37-26-22(27-16(3)31)24(33)23(32)20(13-30)36-26/h4-9,12,20,22-24,26,30,32-33H,10-11,13H2,1-3H3,(H,27,31)/b28-21+. The van der Waals surface area contributed by atoms with Crippen LogP contribution in [0, 0.1) is 13.8 Å². The number of benzene rings is 2. The molecule has 5 atom stereocenters. The van der Waals surface area contributed by atoms with Crippen LogP contribution in [0.5, 0.6) is 5.75 Å². The normalized spacial score (nSPS) is 26.2. The second-order valence-corrected chi connectivity index (χ2v) is 9.07. The Kier molecular flexibility index (Phi) is 8.08. The zero-order valence-corrected chi connectivity index (χ0v) is 20.8. The molecule has 4 N–H and O–H groups in total. The number of carbonyl (C=O) groups excluding carboxylic acids is 2. The zero-order chi connectivity index (χ0) is 26.7. The fourth-order valence-corrected chi connectivity index (χ4v) is 4.37. The van der Waals surface area contributed by atoms with Gasteiger partial charge in [-0.1, -0.05) is 35.0 Å². The van der Waals surface area contributed by atoms with E-state index in [2.05, 4.69) is 10.5 Å². The summed E-state index contributed by atoms with van der Waals surface area (Å²) in [6.07, 6.45) is -5.50. The summed E-state index contributed by atoms with van der Waals surface area (Å²) in [5, 5.41) is 36.7. The summed E-state index contributed by atoms with van der Waals surface area (Å²) in [6, 6.07) is 11.9. The van der Waals surface area contributed by atoms with Crippen LogP contribution in [0.2, 0.25) is 0 Å².